The largest absolute Gasteiger partial charge is 0.455 e. The fourth-order valence-electron chi connectivity index (χ4n) is 12.5. The number of rotatable bonds is 3. The van der Waals surface area contributed by atoms with Crippen LogP contribution in [0.15, 0.2) is 150 Å². The van der Waals surface area contributed by atoms with E-state index >= 15 is 0 Å². The van der Waals surface area contributed by atoms with Crippen LogP contribution < -0.4 is 0 Å². The maximum atomic E-state index is 6.39. The second-order valence-electron chi connectivity index (χ2n) is 16.8. The average Bonchev–Trinajstić information content (AvgIpc) is 3.88. The van der Waals surface area contributed by atoms with E-state index < -0.39 is 0 Å². The molecule has 2 aromatic heterocycles. The molecule has 0 N–H and O–H groups in total. The Labute approximate surface area is 318 Å². The quantitative estimate of drug-likeness (QED) is 0.178. The SMILES string of the molecule is c1ccc2c(c1)-c1c(-c3cccc4sc5ccc(-c6ccc(-c7cccc8c7oc7ccccc78)cc6)cc5c34)cccc1C21C2CC3CC(C2)CC1C3. The number of benzene rings is 7. The van der Waals surface area contributed by atoms with Crippen LogP contribution in [0.4, 0.5) is 0 Å². The smallest absolute Gasteiger partial charge is 0.143 e. The molecule has 0 radical (unpaired) electrons. The van der Waals surface area contributed by atoms with Gasteiger partial charge in [-0.25, -0.2) is 0 Å². The van der Waals surface area contributed by atoms with Gasteiger partial charge >= 0.3 is 0 Å². The van der Waals surface area contributed by atoms with Crippen molar-refractivity contribution in [1.29, 1.82) is 0 Å². The molecule has 1 spiro atoms. The highest BCUT2D eigenvalue weighted by atomic mass is 32.1. The zero-order valence-corrected chi connectivity index (χ0v) is 30.8. The van der Waals surface area contributed by atoms with Crippen LogP contribution in [0.5, 0.6) is 0 Å². The molecule has 4 saturated carbocycles. The topological polar surface area (TPSA) is 13.1 Å². The number of hydrogen-bond acceptors (Lipinski definition) is 2. The van der Waals surface area contributed by atoms with Gasteiger partial charge in [-0.1, -0.05) is 121 Å². The number of fused-ring (bicyclic) bond motifs is 9. The van der Waals surface area contributed by atoms with Crippen LogP contribution in [0.2, 0.25) is 0 Å². The average molecular weight is 711 g/mol. The van der Waals surface area contributed by atoms with Crippen molar-refractivity contribution in [3.05, 3.63) is 157 Å². The highest BCUT2D eigenvalue weighted by molar-refractivity contribution is 7.26. The van der Waals surface area contributed by atoms with Gasteiger partial charge < -0.3 is 4.42 Å². The molecule has 1 nitrogen and oxygen atoms in total. The zero-order chi connectivity index (χ0) is 35.1. The summed E-state index contributed by atoms with van der Waals surface area (Å²) in [7, 11) is 0. The Morgan fingerprint density at radius 1 is 0.463 bits per heavy atom. The van der Waals surface area contributed by atoms with Crippen molar-refractivity contribution in [3.63, 3.8) is 0 Å². The summed E-state index contributed by atoms with van der Waals surface area (Å²) in [4.78, 5) is 0. The fraction of sp³-hybridized carbons (Fsp3) is 0.192. The number of thiophene rings is 1. The van der Waals surface area contributed by atoms with Gasteiger partial charge in [-0.05, 0) is 130 Å². The Kier molecular flexibility index (Phi) is 6.01. The number of furan rings is 1. The molecule has 9 aromatic rings. The third kappa shape index (κ3) is 3.89. The van der Waals surface area contributed by atoms with Crippen molar-refractivity contribution in [2.75, 3.05) is 0 Å². The van der Waals surface area contributed by atoms with Crippen molar-refractivity contribution in [1.82, 2.24) is 0 Å². The van der Waals surface area contributed by atoms with Crippen molar-refractivity contribution in [2.45, 2.75) is 37.5 Å². The first-order chi connectivity index (χ1) is 26.7. The molecule has 258 valence electrons. The molecule has 4 fully saturated rings. The summed E-state index contributed by atoms with van der Waals surface area (Å²) in [5.41, 5.74) is 15.9. The summed E-state index contributed by atoms with van der Waals surface area (Å²) in [5.74, 6) is 3.43. The minimum absolute atomic E-state index is 0.176. The lowest BCUT2D eigenvalue weighted by Gasteiger charge is -2.61. The molecule has 2 heteroatoms. The molecule has 0 atom stereocenters. The predicted molar refractivity (Wildman–Crippen MR) is 226 cm³/mol. The van der Waals surface area contributed by atoms with E-state index in [4.69, 9.17) is 4.42 Å². The zero-order valence-electron chi connectivity index (χ0n) is 30.0. The molecule has 2 heterocycles. The molecule has 5 aliphatic rings. The lowest BCUT2D eigenvalue weighted by atomic mass is 9.43. The highest BCUT2D eigenvalue weighted by Crippen LogP contribution is 2.70. The summed E-state index contributed by atoms with van der Waals surface area (Å²) in [6.07, 6.45) is 7.13. The molecule has 5 aliphatic carbocycles. The van der Waals surface area contributed by atoms with Crippen LogP contribution in [0.1, 0.15) is 43.2 Å². The van der Waals surface area contributed by atoms with Gasteiger partial charge in [0.05, 0.1) is 0 Å². The van der Waals surface area contributed by atoms with Crippen molar-refractivity contribution in [3.8, 4) is 44.5 Å². The van der Waals surface area contributed by atoms with Crippen LogP contribution in [-0.2, 0) is 5.41 Å². The van der Waals surface area contributed by atoms with Crippen molar-refractivity contribution < 1.29 is 4.42 Å². The van der Waals surface area contributed by atoms with Crippen molar-refractivity contribution >= 4 is 53.4 Å². The van der Waals surface area contributed by atoms with E-state index in [2.05, 4.69) is 140 Å². The van der Waals surface area contributed by atoms with Crippen LogP contribution in [0.25, 0.3) is 86.6 Å². The summed E-state index contributed by atoms with van der Waals surface area (Å²) in [6, 6.07) is 54.9. The molecule has 0 saturated heterocycles. The second kappa shape index (κ2) is 10.8. The first-order valence-electron chi connectivity index (χ1n) is 19.9. The number of para-hydroxylation sites is 2. The molecular weight excluding hydrogens is 673 g/mol. The van der Waals surface area contributed by atoms with Gasteiger partial charge in [0.2, 0.25) is 0 Å². The van der Waals surface area contributed by atoms with Crippen LogP contribution in [0, 0.1) is 23.7 Å². The van der Waals surface area contributed by atoms with E-state index in [0.29, 0.717) is 0 Å². The van der Waals surface area contributed by atoms with Crippen molar-refractivity contribution in [2.24, 2.45) is 23.7 Å². The maximum Gasteiger partial charge on any atom is 0.143 e. The molecule has 0 aliphatic heterocycles. The van der Waals surface area contributed by atoms with Gasteiger partial charge in [0.25, 0.3) is 0 Å². The Bertz CT molecular complexity index is 2980. The molecule has 0 unspecified atom stereocenters. The predicted octanol–water partition coefficient (Wildman–Crippen LogP) is 14.7. The van der Waals surface area contributed by atoms with Gasteiger partial charge in [0, 0.05) is 41.9 Å². The molecule has 54 heavy (non-hydrogen) atoms. The fourth-order valence-corrected chi connectivity index (χ4v) is 13.6. The third-order valence-electron chi connectivity index (χ3n) is 14.3. The van der Waals surface area contributed by atoms with Gasteiger partial charge in [-0.2, -0.15) is 0 Å². The first kappa shape index (κ1) is 29.9. The Balaban J connectivity index is 0.952. The van der Waals surface area contributed by atoms with Crippen LogP contribution in [0.3, 0.4) is 0 Å². The Hall–Kier alpha value is -5.44. The standard InChI is InChI=1S/C52H38OS/c1-3-14-44-42(9-1)49-39(11-6-15-45(49)52(44)35-25-30-24-31(27-35)28-36(52)26-30)40-12-7-17-48-50(40)43-29-34(22-23-47(43)54-48)32-18-20-33(21-19-32)37-10-5-13-41-38-8-2-4-16-46(38)53-51(37)41/h1-23,29-31,35-36H,24-28H2. The monoisotopic (exact) mass is 710 g/mol. The maximum absolute atomic E-state index is 6.39. The van der Waals surface area contributed by atoms with E-state index in [1.54, 1.807) is 11.1 Å². The summed E-state index contributed by atoms with van der Waals surface area (Å²) in [5, 5.41) is 5.08. The number of hydrogen-bond donors (Lipinski definition) is 0. The van der Waals surface area contributed by atoms with Crippen LogP contribution >= 0.6 is 11.3 Å². The molecular formula is C52H38OS. The molecule has 4 bridgehead atoms. The van der Waals surface area contributed by atoms with E-state index in [9.17, 15) is 0 Å². The summed E-state index contributed by atoms with van der Waals surface area (Å²) in [6.45, 7) is 0. The lowest BCUT2D eigenvalue weighted by Crippen LogP contribution is -2.55. The highest BCUT2D eigenvalue weighted by Gasteiger charge is 2.61. The van der Waals surface area contributed by atoms with Gasteiger partial charge in [-0.15, -0.1) is 11.3 Å². The van der Waals surface area contributed by atoms with Gasteiger partial charge in [0.1, 0.15) is 11.2 Å². The van der Waals surface area contributed by atoms with E-state index in [0.717, 1.165) is 40.4 Å². The van der Waals surface area contributed by atoms with E-state index in [1.165, 1.54) is 102 Å². The second-order valence-corrected chi connectivity index (χ2v) is 17.9. The third-order valence-corrected chi connectivity index (χ3v) is 15.4. The Morgan fingerprint density at radius 3 is 1.98 bits per heavy atom. The molecule has 0 amide bonds. The summed E-state index contributed by atoms with van der Waals surface area (Å²) < 4.78 is 9.10. The summed E-state index contributed by atoms with van der Waals surface area (Å²) >= 11 is 1.93. The van der Waals surface area contributed by atoms with Gasteiger partial charge in [-0.3, -0.25) is 0 Å². The van der Waals surface area contributed by atoms with Gasteiger partial charge in [0.15, 0.2) is 0 Å². The van der Waals surface area contributed by atoms with Crippen LogP contribution in [-0.4, -0.2) is 0 Å². The van der Waals surface area contributed by atoms with E-state index in [-0.39, 0.29) is 5.41 Å². The molecule has 14 rings (SSSR count). The van der Waals surface area contributed by atoms with E-state index in [1.807, 2.05) is 17.4 Å². The molecule has 7 aromatic carbocycles. The minimum atomic E-state index is 0.176. The minimum Gasteiger partial charge on any atom is -0.455 e. The lowest BCUT2D eigenvalue weighted by molar-refractivity contribution is -0.0399. The Morgan fingerprint density at radius 2 is 1.11 bits per heavy atom. The first-order valence-corrected chi connectivity index (χ1v) is 20.7. The normalized spacial score (nSPS) is 23.6.